The first-order chi connectivity index (χ1) is 6.66. The molecule has 0 amide bonds. The van der Waals surface area contributed by atoms with E-state index in [0.717, 1.165) is 19.1 Å². The summed E-state index contributed by atoms with van der Waals surface area (Å²) in [5, 5.41) is 3.15. The summed E-state index contributed by atoms with van der Waals surface area (Å²) in [5.41, 5.74) is 0. The Labute approximate surface area is 89.4 Å². The van der Waals surface area contributed by atoms with Crippen LogP contribution in [0.2, 0.25) is 0 Å². The van der Waals surface area contributed by atoms with E-state index in [9.17, 15) is 0 Å². The van der Waals surface area contributed by atoms with Gasteiger partial charge in [0.05, 0.1) is 6.10 Å². The van der Waals surface area contributed by atoms with E-state index in [1.807, 2.05) is 7.05 Å². The lowest BCUT2D eigenvalue weighted by atomic mass is 10.1. The predicted molar refractivity (Wildman–Crippen MR) is 62.6 cm³/mol. The van der Waals surface area contributed by atoms with E-state index in [2.05, 4.69) is 26.1 Å². The second kappa shape index (κ2) is 9.47. The molecule has 0 bridgehead atoms. The Morgan fingerprint density at radius 1 is 1.07 bits per heavy atom. The van der Waals surface area contributed by atoms with E-state index in [1.54, 1.807) is 0 Å². The molecule has 14 heavy (non-hydrogen) atoms. The molecule has 1 unspecified atom stereocenters. The predicted octanol–water partition coefficient (Wildman–Crippen LogP) is 2.83. The van der Waals surface area contributed by atoms with Crippen LogP contribution < -0.4 is 5.32 Å². The second-order valence-electron chi connectivity index (χ2n) is 4.46. The van der Waals surface area contributed by atoms with Crippen LogP contribution in [0.25, 0.3) is 0 Å². The van der Waals surface area contributed by atoms with Crippen molar-refractivity contribution in [1.29, 1.82) is 0 Å². The summed E-state index contributed by atoms with van der Waals surface area (Å²) in [7, 11) is 1.99. The maximum atomic E-state index is 5.71. The Morgan fingerprint density at radius 3 is 2.36 bits per heavy atom. The van der Waals surface area contributed by atoms with Crippen LogP contribution in [0.5, 0.6) is 0 Å². The molecule has 86 valence electrons. The third kappa shape index (κ3) is 10.0. The van der Waals surface area contributed by atoms with Gasteiger partial charge in [0.2, 0.25) is 0 Å². The lowest BCUT2D eigenvalue weighted by Gasteiger charge is -2.13. The first-order valence-corrected chi connectivity index (χ1v) is 5.93. The Bertz CT molecular complexity index is 115. The number of ether oxygens (including phenoxy) is 1. The van der Waals surface area contributed by atoms with Crippen molar-refractivity contribution in [2.24, 2.45) is 5.92 Å². The quantitative estimate of drug-likeness (QED) is 0.579. The minimum atomic E-state index is 0.426. The third-order valence-corrected chi connectivity index (χ3v) is 2.37. The minimum Gasteiger partial charge on any atom is -0.379 e. The highest BCUT2D eigenvalue weighted by molar-refractivity contribution is 4.53. The summed E-state index contributed by atoms with van der Waals surface area (Å²) >= 11 is 0. The Morgan fingerprint density at radius 2 is 1.79 bits per heavy atom. The monoisotopic (exact) mass is 201 g/mol. The highest BCUT2D eigenvalue weighted by atomic mass is 16.5. The van der Waals surface area contributed by atoms with Crippen molar-refractivity contribution in [3.05, 3.63) is 0 Å². The van der Waals surface area contributed by atoms with Gasteiger partial charge in [0.25, 0.3) is 0 Å². The number of hydrogen-bond donors (Lipinski definition) is 1. The van der Waals surface area contributed by atoms with Gasteiger partial charge in [0.15, 0.2) is 0 Å². The molecular weight excluding hydrogens is 174 g/mol. The summed E-state index contributed by atoms with van der Waals surface area (Å²) in [4.78, 5) is 0. The topological polar surface area (TPSA) is 21.3 Å². The molecule has 0 aliphatic rings. The molecule has 0 aromatic carbocycles. The van der Waals surface area contributed by atoms with Crippen molar-refractivity contribution in [2.45, 2.75) is 52.6 Å². The fourth-order valence-corrected chi connectivity index (χ4v) is 1.43. The molecule has 2 heteroatoms. The number of hydrogen-bond acceptors (Lipinski definition) is 2. The molecule has 0 aromatic heterocycles. The second-order valence-corrected chi connectivity index (χ2v) is 4.46. The van der Waals surface area contributed by atoms with Crippen LogP contribution in [-0.2, 0) is 4.74 Å². The zero-order valence-corrected chi connectivity index (χ0v) is 10.3. The van der Waals surface area contributed by atoms with Gasteiger partial charge in [-0.2, -0.15) is 0 Å². The molecule has 0 radical (unpaired) electrons. The Balaban J connectivity index is 3.14. The summed E-state index contributed by atoms with van der Waals surface area (Å²) in [5.74, 6) is 0.804. The van der Waals surface area contributed by atoms with Crippen molar-refractivity contribution in [1.82, 2.24) is 5.32 Å². The number of nitrogens with one attached hydrogen (secondary N) is 1. The maximum Gasteiger partial charge on any atom is 0.0547 e. The minimum absolute atomic E-state index is 0.426. The maximum absolute atomic E-state index is 5.71. The zero-order valence-electron chi connectivity index (χ0n) is 10.3. The number of rotatable bonds is 9. The molecule has 0 aliphatic carbocycles. The van der Waals surface area contributed by atoms with Crippen LogP contribution in [0.1, 0.15) is 46.5 Å². The average molecular weight is 201 g/mol. The van der Waals surface area contributed by atoms with Crippen LogP contribution in [-0.4, -0.2) is 26.3 Å². The highest BCUT2D eigenvalue weighted by Crippen LogP contribution is 2.06. The van der Waals surface area contributed by atoms with Crippen LogP contribution in [0.4, 0.5) is 0 Å². The lowest BCUT2D eigenvalue weighted by molar-refractivity contribution is 0.0551. The molecular formula is C12H27NO. The van der Waals surface area contributed by atoms with Gasteiger partial charge >= 0.3 is 0 Å². The largest absolute Gasteiger partial charge is 0.379 e. The van der Waals surface area contributed by atoms with Crippen molar-refractivity contribution in [2.75, 3.05) is 20.2 Å². The molecule has 0 saturated carbocycles. The van der Waals surface area contributed by atoms with E-state index < -0.39 is 0 Å². The summed E-state index contributed by atoms with van der Waals surface area (Å²) in [6.45, 7) is 8.72. The molecule has 0 fully saturated rings. The molecule has 0 heterocycles. The van der Waals surface area contributed by atoms with Gasteiger partial charge in [-0.25, -0.2) is 0 Å². The van der Waals surface area contributed by atoms with Gasteiger partial charge in [-0.15, -0.1) is 0 Å². The zero-order chi connectivity index (χ0) is 10.8. The normalized spacial score (nSPS) is 13.5. The van der Waals surface area contributed by atoms with Crippen LogP contribution in [0.15, 0.2) is 0 Å². The smallest absolute Gasteiger partial charge is 0.0547 e. The third-order valence-electron chi connectivity index (χ3n) is 2.37. The van der Waals surface area contributed by atoms with E-state index >= 15 is 0 Å². The Hall–Kier alpha value is -0.0800. The molecule has 0 aromatic rings. The fraction of sp³-hybridized carbons (Fsp3) is 1.00. The lowest BCUT2D eigenvalue weighted by Crippen LogP contribution is -2.14. The van der Waals surface area contributed by atoms with Gasteiger partial charge in [0.1, 0.15) is 0 Å². The van der Waals surface area contributed by atoms with Crippen LogP contribution in [0.3, 0.4) is 0 Å². The molecule has 0 spiro atoms. The molecule has 1 N–H and O–H groups in total. The SMILES string of the molecule is CNCCCC(C)OCCCC(C)C. The molecule has 1 atom stereocenters. The van der Waals surface area contributed by atoms with Crippen molar-refractivity contribution in [3.63, 3.8) is 0 Å². The van der Waals surface area contributed by atoms with Gasteiger partial charge < -0.3 is 10.1 Å². The standard InChI is InChI=1S/C12H27NO/c1-11(2)7-6-10-14-12(3)8-5-9-13-4/h11-13H,5-10H2,1-4H3. The van der Waals surface area contributed by atoms with Gasteiger partial charge in [-0.05, 0) is 52.1 Å². The first-order valence-electron chi connectivity index (χ1n) is 5.93. The molecule has 0 aliphatic heterocycles. The van der Waals surface area contributed by atoms with Crippen molar-refractivity contribution in [3.8, 4) is 0 Å². The van der Waals surface area contributed by atoms with E-state index in [1.165, 1.54) is 25.7 Å². The molecule has 0 rings (SSSR count). The fourth-order valence-electron chi connectivity index (χ4n) is 1.43. The van der Waals surface area contributed by atoms with E-state index in [4.69, 9.17) is 4.74 Å². The average Bonchev–Trinajstić information content (AvgIpc) is 2.13. The summed E-state index contributed by atoms with van der Waals surface area (Å²) < 4.78 is 5.71. The molecule has 2 nitrogen and oxygen atoms in total. The van der Waals surface area contributed by atoms with E-state index in [0.29, 0.717) is 6.10 Å². The van der Waals surface area contributed by atoms with Gasteiger partial charge in [0, 0.05) is 6.61 Å². The molecule has 0 saturated heterocycles. The first kappa shape index (κ1) is 13.9. The van der Waals surface area contributed by atoms with Gasteiger partial charge in [-0.1, -0.05) is 13.8 Å². The van der Waals surface area contributed by atoms with Crippen LogP contribution in [0, 0.1) is 5.92 Å². The van der Waals surface area contributed by atoms with Crippen LogP contribution >= 0.6 is 0 Å². The van der Waals surface area contributed by atoms with Crippen molar-refractivity contribution >= 4 is 0 Å². The van der Waals surface area contributed by atoms with E-state index in [-0.39, 0.29) is 0 Å². The summed E-state index contributed by atoms with van der Waals surface area (Å²) in [6, 6.07) is 0. The highest BCUT2D eigenvalue weighted by Gasteiger charge is 2.01. The van der Waals surface area contributed by atoms with Crippen molar-refractivity contribution < 1.29 is 4.74 Å². The summed E-state index contributed by atoms with van der Waals surface area (Å²) in [6.07, 6.45) is 5.29. The Kier molecular flexibility index (Phi) is 9.42. The van der Waals surface area contributed by atoms with Gasteiger partial charge in [-0.3, -0.25) is 0 Å².